The summed E-state index contributed by atoms with van der Waals surface area (Å²) in [6.45, 7) is 4.30. The average molecular weight is 224 g/mol. The summed E-state index contributed by atoms with van der Waals surface area (Å²) >= 11 is 0. The molecule has 0 aliphatic carbocycles. The van der Waals surface area contributed by atoms with Gasteiger partial charge in [-0.1, -0.05) is 13.8 Å². The van der Waals surface area contributed by atoms with Crippen LogP contribution in [0.1, 0.15) is 26.7 Å². The van der Waals surface area contributed by atoms with Gasteiger partial charge in [0.1, 0.15) is 11.6 Å². The summed E-state index contributed by atoms with van der Waals surface area (Å²) in [6.07, 6.45) is 2.12. The molecule has 0 fully saturated rings. The monoisotopic (exact) mass is 224 g/mol. The van der Waals surface area contributed by atoms with Gasteiger partial charge in [0.05, 0.1) is 0 Å². The molecule has 0 bridgehead atoms. The van der Waals surface area contributed by atoms with E-state index in [-0.39, 0.29) is 5.95 Å². The van der Waals surface area contributed by atoms with Crippen LogP contribution in [-0.2, 0) is 0 Å². The second-order valence-electron chi connectivity index (χ2n) is 3.70. The Hall–Kier alpha value is -1.56. The minimum Gasteiger partial charge on any atom is -0.368 e. The van der Waals surface area contributed by atoms with Crippen molar-refractivity contribution in [1.82, 2.24) is 9.97 Å². The number of nitrogens with one attached hydrogen (secondary N) is 1. The van der Waals surface area contributed by atoms with Gasteiger partial charge in [-0.3, -0.25) is 0 Å². The van der Waals surface area contributed by atoms with Crippen molar-refractivity contribution in [3.63, 3.8) is 0 Å². The van der Waals surface area contributed by atoms with E-state index in [1.54, 1.807) is 6.07 Å². The third-order valence-corrected chi connectivity index (χ3v) is 2.73. The molecule has 0 atom stereocenters. The van der Waals surface area contributed by atoms with Gasteiger partial charge < -0.3 is 16.1 Å². The van der Waals surface area contributed by atoms with Crippen molar-refractivity contribution in [2.45, 2.75) is 32.7 Å². The Balaban J connectivity index is 2.97. The lowest BCUT2D eigenvalue weighted by Gasteiger charge is -2.27. The summed E-state index contributed by atoms with van der Waals surface area (Å²) in [5.41, 5.74) is 8.09. The Bertz CT molecular complexity index is 336. The van der Waals surface area contributed by atoms with Gasteiger partial charge in [0, 0.05) is 19.2 Å². The van der Waals surface area contributed by atoms with Crippen LogP contribution in [0.25, 0.3) is 0 Å². The molecule has 0 unspecified atom stereocenters. The summed E-state index contributed by atoms with van der Waals surface area (Å²) in [5, 5.41) is 0. The second-order valence-corrected chi connectivity index (χ2v) is 3.70. The minimum atomic E-state index is 0.225. The zero-order chi connectivity index (χ0) is 12.1. The predicted molar refractivity (Wildman–Crippen MR) is 67.0 cm³/mol. The van der Waals surface area contributed by atoms with Crippen LogP contribution in [-0.4, -0.2) is 23.1 Å². The van der Waals surface area contributed by atoms with Crippen LogP contribution in [0.5, 0.6) is 0 Å². The van der Waals surface area contributed by atoms with E-state index in [9.17, 15) is 0 Å². The van der Waals surface area contributed by atoms with E-state index in [0.29, 0.717) is 11.9 Å². The molecule has 16 heavy (non-hydrogen) atoms. The highest BCUT2D eigenvalue weighted by molar-refractivity contribution is 5.52. The summed E-state index contributed by atoms with van der Waals surface area (Å²) in [5.74, 6) is 6.85. The highest BCUT2D eigenvalue weighted by atomic mass is 15.3. The topological polar surface area (TPSA) is 93.1 Å². The normalized spacial score (nSPS) is 10.6. The van der Waals surface area contributed by atoms with Gasteiger partial charge >= 0.3 is 0 Å². The molecule has 1 heterocycles. The van der Waals surface area contributed by atoms with Gasteiger partial charge in [0.15, 0.2) is 0 Å². The lowest BCUT2D eigenvalue weighted by atomic mass is 10.1. The van der Waals surface area contributed by atoms with E-state index < -0.39 is 0 Å². The number of hydrogen-bond donors (Lipinski definition) is 3. The number of nitrogens with two attached hydrogens (primary N) is 2. The van der Waals surface area contributed by atoms with Crippen molar-refractivity contribution < 1.29 is 0 Å². The van der Waals surface area contributed by atoms with Gasteiger partial charge in [0.2, 0.25) is 5.95 Å². The number of anilines is 3. The molecule has 0 aliphatic heterocycles. The van der Waals surface area contributed by atoms with Crippen molar-refractivity contribution in [3.05, 3.63) is 6.07 Å². The standard InChI is InChI=1S/C10H20N6/c1-4-7(5-2)16(3)9-6-8(15-12)13-10(11)14-9/h6-7H,4-5,12H2,1-3H3,(H3,11,13,14,15). The first kappa shape index (κ1) is 12.5. The van der Waals surface area contributed by atoms with E-state index in [0.717, 1.165) is 18.7 Å². The maximum atomic E-state index is 5.61. The fourth-order valence-corrected chi connectivity index (χ4v) is 1.73. The fourth-order valence-electron chi connectivity index (χ4n) is 1.73. The third kappa shape index (κ3) is 2.73. The molecule has 0 aromatic carbocycles. The number of rotatable bonds is 5. The minimum absolute atomic E-state index is 0.225. The third-order valence-electron chi connectivity index (χ3n) is 2.73. The van der Waals surface area contributed by atoms with Crippen LogP contribution in [0, 0.1) is 0 Å². The number of nitrogens with zero attached hydrogens (tertiary/aromatic N) is 3. The van der Waals surface area contributed by atoms with Gasteiger partial charge in [-0.2, -0.15) is 9.97 Å². The Morgan fingerprint density at radius 3 is 2.50 bits per heavy atom. The van der Waals surface area contributed by atoms with Crippen LogP contribution in [0.4, 0.5) is 17.6 Å². The Labute approximate surface area is 96.0 Å². The first-order valence-electron chi connectivity index (χ1n) is 5.46. The summed E-state index contributed by atoms with van der Waals surface area (Å²) in [7, 11) is 2.00. The lowest BCUT2D eigenvalue weighted by molar-refractivity contribution is 0.587. The molecule has 0 radical (unpaired) electrons. The summed E-state index contributed by atoms with van der Waals surface area (Å²) in [4.78, 5) is 10.2. The summed E-state index contributed by atoms with van der Waals surface area (Å²) in [6, 6.07) is 2.23. The van der Waals surface area contributed by atoms with Crippen LogP contribution in [0.2, 0.25) is 0 Å². The average Bonchev–Trinajstić information content (AvgIpc) is 2.29. The second kappa shape index (κ2) is 5.50. The van der Waals surface area contributed by atoms with Crippen molar-refractivity contribution >= 4 is 17.6 Å². The highest BCUT2D eigenvalue weighted by Gasteiger charge is 2.13. The lowest BCUT2D eigenvalue weighted by Crippen LogP contribution is -2.31. The zero-order valence-corrected chi connectivity index (χ0v) is 10.1. The number of hydrazine groups is 1. The molecule has 0 aliphatic rings. The van der Waals surface area contributed by atoms with Gasteiger partial charge in [0.25, 0.3) is 0 Å². The maximum absolute atomic E-state index is 5.61. The van der Waals surface area contributed by atoms with Gasteiger partial charge in [-0.25, -0.2) is 5.84 Å². The molecular formula is C10H20N6. The Morgan fingerprint density at radius 1 is 1.38 bits per heavy atom. The smallest absolute Gasteiger partial charge is 0.223 e. The van der Waals surface area contributed by atoms with Crippen LogP contribution < -0.4 is 21.9 Å². The Kier molecular flexibility index (Phi) is 4.30. The molecule has 5 N–H and O–H groups in total. The van der Waals surface area contributed by atoms with Crippen molar-refractivity contribution in [1.29, 1.82) is 0 Å². The molecule has 0 saturated carbocycles. The first-order valence-corrected chi connectivity index (χ1v) is 5.46. The maximum Gasteiger partial charge on any atom is 0.223 e. The van der Waals surface area contributed by atoms with E-state index in [4.69, 9.17) is 11.6 Å². The van der Waals surface area contributed by atoms with Gasteiger partial charge in [-0.05, 0) is 12.8 Å². The molecule has 1 rings (SSSR count). The van der Waals surface area contributed by atoms with Crippen LogP contribution in [0.15, 0.2) is 6.07 Å². The van der Waals surface area contributed by atoms with E-state index in [1.807, 2.05) is 7.05 Å². The molecule has 6 heteroatoms. The molecule has 1 aromatic rings. The van der Waals surface area contributed by atoms with Gasteiger partial charge in [-0.15, -0.1) is 0 Å². The number of nitrogen functional groups attached to an aromatic ring is 2. The van der Waals surface area contributed by atoms with Crippen LogP contribution in [0.3, 0.4) is 0 Å². The molecule has 6 nitrogen and oxygen atoms in total. The molecule has 0 spiro atoms. The fraction of sp³-hybridized carbons (Fsp3) is 0.600. The summed E-state index contributed by atoms with van der Waals surface area (Å²) < 4.78 is 0. The van der Waals surface area contributed by atoms with Crippen molar-refractivity contribution in [2.24, 2.45) is 5.84 Å². The highest BCUT2D eigenvalue weighted by Crippen LogP contribution is 2.19. The van der Waals surface area contributed by atoms with Crippen molar-refractivity contribution in [3.8, 4) is 0 Å². The first-order chi connectivity index (χ1) is 7.62. The van der Waals surface area contributed by atoms with Crippen molar-refractivity contribution in [2.75, 3.05) is 23.1 Å². The number of aromatic nitrogens is 2. The molecule has 1 aromatic heterocycles. The molecule has 90 valence electrons. The molecule has 0 saturated heterocycles. The van der Waals surface area contributed by atoms with E-state index in [1.165, 1.54) is 0 Å². The largest absolute Gasteiger partial charge is 0.368 e. The Morgan fingerprint density at radius 2 is 2.00 bits per heavy atom. The van der Waals surface area contributed by atoms with E-state index >= 15 is 0 Å². The zero-order valence-electron chi connectivity index (χ0n) is 10.1. The predicted octanol–water partition coefficient (Wildman–Crippen LogP) is 0.969. The quantitative estimate of drug-likeness (QED) is 0.509. The molecule has 0 amide bonds. The van der Waals surface area contributed by atoms with Crippen LogP contribution >= 0.6 is 0 Å². The SMILES string of the molecule is CCC(CC)N(C)c1cc(NN)nc(N)n1. The van der Waals surface area contributed by atoms with E-state index in [2.05, 4.69) is 34.1 Å². The number of hydrogen-bond acceptors (Lipinski definition) is 6. The molecular weight excluding hydrogens is 204 g/mol.